The van der Waals surface area contributed by atoms with Crippen LogP contribution in [0.25, 0.3) is 0 Å². The second kappa shape index (κ2) is 6.70. The van der Waals surface area contributed by atoms with Crippen LogP contribution in [0.4, 0.5) is 0 Å². The molecule has 2 aromatic rings. The van der Waals surface area contributed by atoms with Gasteiger partial charge in [0.15, 0.2) is 5.82 Å². The Bertz CT molecular complexity index is 677. The molecule has 1 aliphatic rings. The van der Waals surface area contributed by atoms with E-state index in [2.05, 4.69) is 15.3 Å². The molecule has 23 heavy (non-hydrogen) atoms. The fourth-order valence-corrected chi connectivity index (χ4v) is 3.18. The summed E-state index contributed by atoms with van der Waals surface area (Å²) in [6.45, 7) is 5.00. The van der Waals surface area contributed by atoms with Crippen LogP contribution in [0.2, 0.25) is 5.22 Å². The molecule has 3 rings (SSSR count). The molecule has 0 spiro atoms. The van der Waals surface area contributed by atoms with E-state index in [4.69, 9.17) is 20.6 Å². The Hall–Kier alpha value is -1.89. The van der Waals surface area contributed by atoms with E-state index in [0.717, 1.165) is 30.6 Å². The van der Waals surface area contributed by atoms with Gasteiger partial charge >= 0.3 is 0 Å². The molecule has 0 bridgehead atoms. The van der Waals surface area contributed by atoms with E-state index in [-0.39, 0.29) is 17.0 Å². The van der Waals surface area contributed by atoms with Crippen LogP contribution in [0.15, 0.2) is 9.05 Å². The number of nitrogens with zero attached hydrogens (tertiary/aromatic N) is 4. The summed E-state index contributed by atoms with van der Waals surface area (Å²) >= 11 is 5.94. The molecule has 8 heteroatoms. The highest BCUT2D eigenvalue weighted by Crippen LogP contribution is 2.27. The topological polar surface area (TPSA) is 85.3 Å². The van der Waals surface area contributed by atoms with Crippen LogP contribution in [-0.2, 0) is 11.2 Å². The zero-order valence-electron chi connectivity index (χ0n) is 13.2. The number of aromatic nitrogens is 3. The maximum absolute atomic E-state index is 12.5. The first kappa shape index (κ1) is 16.0. The number of halogens is 1. The molecule has 1 amide bonds. The van der Waals surface area contributed by atoms with Gasteiger partial charge in [-0.3, -0.25) is 4.79 Å². The smallest absolute Gasteiger partial charge is 0.231 e. The number of carbonyl (C=O) groups is 1. The van der Waals surface area contributed by atoms with Crippen molar-refractivity contribution in [1.29, 1.82) is 0 Å². The Labute approximate surface area is 139 Å². The lowest BCUT2D eigenvalue weighted by molar-refractivity contribution is -0.132. The highest BCUT2D eigenvalue weighted by Gasteiger charge is 2.28. The van der Waals surface area contributed by atoms with Gasteiger partial charge in [0.2, 0.25) is 17.0 Å². The van der Waals surface area contributed by atoms with Crippen molar-refractivity contribution in [2.24, 2.45) is 0 Å². The maximum atomic E-state index is 12.5. The minimum absolute atomic E-state index is 0.0996. The molecule has 0 N–H and O–H groups in total. The molecule has 1 aliphatic heterocycles. The number of amides is 1. The molecule has 1 saturated heterocycles. The molecule has 3 heterocycles. The summed E-state index contributed by atoms with van der Waals surface area (Å²) in [5.41, 5.74) is 1.54. The van der Waals surface area contributed by atoms with E-state index >= 15 is 0 Å². The van der Waals surface area contributed by atoms with E-state index < -0.39 is 0 Å². The third kappa shape index (κ3) is 3.55. The van der Waals surface area contributed by atoms with Crippen LogP contribution < -0.4 is 0 Å². The standard InChI is InChI=1S/C15H19ClN4O3/c1-9-12(14(16)22-18-9)5-6-13(21)20-7-3-4-11(8-20)15-17-10(2)19-23-15/h11H,3-8H2,1-2H3/t11-/m0/s1. The predicted molar refractivity (Wildman–Crippen MR) is 82.2 cm³/mol. The fraction of sp³-hybridized carbons (Fsp3) is 0.600. The number of carbonyl (C=O) groups excluding carboxylic acids is 1. The van der Waals surface area contributed by atoms with E-state index in [9.17, 15) is 4.79 Å². The summed E-state index contributed by atoms with van der Waals surface area (Å²) in [5, 5.41) is 7.90. The number of piperidine rings is 1. The summed E-state index contributed by atoms with van der Waals surface area (Å²) < 4.78 is 10.2. The summed E-state index contributed by atoms with van der Waals surface area (Å²) in [4.78, 5) is 18.6. The van der Waals surface area contributed by atoms with E-state index in [1.807, 2.05) is 11.8 Å². The SMILES string of the molecule is Cc1noc([C@H]2CCCN(C(=O)CCc3c(C)noc3Cl)C2)n1. The van der Waals surface area contributed by atoms with Crippen molar-refractivity contribution in [3.05, 3.63) is 28.2 Å². The van der Waals surface area contributed by atoms with Crippen LogP contribution >= 0.6 is 11.6 Å². The van der Waals surface area contributed by atoms with Gasteiger partial charge in [-0.25, -0.2) is 0 Å². The van der Waals surface area contributed by atoms with E-state index in [1.165, 1.54) is 0 Å². The third-order valence-electron chi connectivity index (χ3n) is 4.19. The van der Waals surface area contributed by atoms with Crippen molar-refractivity contribution in [1.82, 2.24) is 20.2 Å². The molecular weight excluding hydrogens is 320 g/mol. The predicted octanol–water partition coefficient (Wildman–Crippen LogP) is 2.67. The molecule has 0 saturated carbocycles. The average Bonchev–Trinajstić information content (AvgIpc) is 3.12. The Kier molecular flexibility index (Phi) is 4.66. The molecule has 0 aromatic carbocycles. The normalized spacial score (nSPS) is 18.4. The number of likely N-dealkylation sites (tertiary alicyclic amines) is 1. The highest BCUT2D eigenvalue weighted by atomic mass is 35.5. The third-order valence-corrected chi connectivity index (χ3v) is 4.49. The van der Waals surface area contributed by atoms with Crippen LogP contribution in [0, 0.1) is 13.8 Å². The number of hydrogen-bond acceptors (Lipinski definition) is 6. The van der Waals surface area contributed by atoms with E-state index in [1.54, 1.807) is 6.92 Å². The van der Waals surface area contributed by atoms with Crippen molar-refractivity contribution in [3.63, 3.8) is 0 Å². The average molecular weight is 339 g/mol. The minimum atomic E-state index is 0.0996. The van der Waals surface area contributed by atoms with Crippen LogP contribution in [-0.4, -0.2) is 39.2 Å². The Morgan fingerprint density at radius 2 is 2.17 bits per heavy atom. The van der Waals surface area contributed by atoms with Crippen molar-refractivity contribution < 1.29 is 13.8 Å². The molecule has 1 atom stereocenters. The highest BCUT2D eigenvalue weighted by molar-refractivity contribution is 6.29. The molecule has 1 fully saturated rings. The van der Waals surface area contributed by atoms with E-state index in [0.29, 0.717) is 31.1 Å². The first-order chi connectivity index (χ1) is 11.0. The van der Waals surface area contributed by atoms with Gasteiger partial charge in [0.1, 0.15) is 0 Å². The van der Waals surface area contributed by atoms with Gasteiger partial charge in [-0.05, 0) is 44.7 Å². The minimum Gasteiger partial charge on any atom is -0.344 e. The maximum Gasteiger partial charge on any atom is 0.231 e. The number of rotatable bonds is 4. The largest absolute Gasteiger partial charge is 0.344 e. The first-order valence-corrected chi connectivity index (χ1v) is 8.11. The van der Waals surface area contributed by atoms with Gasteiger partial charge in [0.25, 0.3) is 0 Å². The number of aryl methyl sites for hydroxylation is 2. The zero-order chi connectivity index (χ0) is 16.4. The summed E-state index contributed by atoms with van der Waals surface area (Å²) in [7, 11) is 0. The van der Waals surface area contributed by atoms with Crippen molar-refractivity contribution in [2.75, 3.05) is 13.1 Å². The molecule has 7 nitrogen and oxygen atoms in total. The van der Waals surface area contributed by atoms with Crippen LogP contribution in [0.3, 0.4) is 0 Å². The second-order valence-corrected chi connectivity index (χ2v) is 6.22. The summed E-state index contributed by atoms with van der Waals surface area (Å²) in [6, 6.07) is 0. The van der Waals surface area contributed by atoms with Gasteiger partial charge < -0.3 is 13.9 Å². The molecule has 0 aliphatic carbocycles. The lowest BCUT2D eigenvalue weighted by Gasteiger charge is -2.31. The van der Waals surface area contributed by atoms with Gasteiger partial charge in [0, 0.05) is 25.1 Å². The Morgan fingerprint density at radius 3 is 2.83 bits per heavy atom. The summed E-state index contributed by atoms with van der Waals surface area (Å²) in [6.07, 6.45) is 2.82. The van der Waals surface area contributed by atoms with Gasteiger partial charge in [-0.15, -0.1) is 0 Å². The zero-order valence-corrected chi connectivity index (χ0v) is 14.0. The van der Waals surface area contributed by atoms with Crippen molar-refractivity contribution in [3.8, 4) is 0 Å². The second-order valence-electron chi connectivity index (χ2n) is 5.88. The van der Waals surface area contributed by atoms with Gasteiger partial charge in [-0.1, -0.05) is 10.3 Å². The Balaban J connectivity index is 1.59. The lowest BCUT2D eigenvalue weighted by Crippen LogP contribution is -2.39. The Morgan fingerprint density at radius 1 is 1.35 bits per heavy atom. The van der Waals surface area contributed by atoms with Crippen molar-refractivity contribution >= 4 is 17.5 Å². The lowest BCUT2D eigenvalue weighted by atomic mass is 9.97. The first-order valence-electron chi connectivity index (χ1n) is 7.73. The molecule has 0 radical (unpaired) electrons. The quantitative estimate of drug-likeness (QED) is 0.852. The molecule has 124 valence electrons. The van der Waals surface area contributed by atoms with Crippen molar-refractivity contribution in [2.45, 2.75) is 45.4 Å². The molecule has 2 aromatic heterocycles. The number of hydrogen-bond donors (Lipinski definition) is 0. The molecular formula is C15H19ClN4O3. The monoisotopic (exact) mass is 338 g/mol. The van der Waals surface area contributed by atoms with Gasteiger partial charge in [0.05, 0.1) is 11.6 Å². The summed E-state index contributed by atoms with van der Waals surface area (Å²) in [5.74, 6) is 1.47. The molecule has 0 unspecified atom stereocenters. The van der Waals surface area contributed by atoms with Crippen LogP contribution in [0.5, 0.6) is 0 Å². The fourth-order valence-electron chi connectivity index (χ4n) is 2.91. The van der Waals surface area contributed by atoms with Gasteiger partial charge in [-0.2, -0.15) is 4.98 Å². The van der Waals surface area contributed by atoms with Crippen LogP contribution in [0.1, 0.15) is 48.2 Å².